The van der Waals surface area contributed by atoms with Crippen LogP contribution in [0.5, 0.6) is 0 Å². The Morgan fingerprint density at radius 2 is 1.81 bits per heavy atom. The van der Waals surface area contributed by atoms with Gasteiger partial charge in [0, 0.05) is 23.5 Å². The van der Waals surface area contributed by atoms with E-state index in [1.807, 2.05) is 34.6 Å². The maximum absolute atomic E-state index is 12.4. The molecule has 5 heteroatoms. The minimum absolute atomic E-state index is 0.132. The normalized spacial score (nSPS) is 20.8. The Bertz CT molecular complexity index is 416. The standard InChI is InChI=1S/C11H20N2O2S/c1-9(2)13-10(3)7-8-12(11(4,5)6)16(13,14)15/h7-9H,3H2,1-2,4-6H3. The SMILES string of the molecule is C=C1C=CN(C(C)(C)C)S(=O)(=O)N1C(C)C. The highest BCUT2D eigenvalue weighted by molar-refractivity contribution is 7.87. The molecule has 0 aromatic rings. The quantitative estimate of drug-likeness (QED) is 0.708. The van der Waals surface area contributed by atoms with Crippen LogP contribution in [-0.2, 0) is 10.2 Å². The molecule has 0 saturated carbocycles. The monoisotopic (exact) mass is 244 g/mol. The minimum atomic E-state index is -3.49. The van der Waals surface area contributed by atoms with E-state index in [2.05, 4.69) is 6.58 Å². The highest BCUT2D eigenvalue weighted by Gasteiger charge is 2.38. The van der Waals surface area contributed by atoms with E-state index in [0.717, 1.165) is 0 Å². The summed E-state index contributed by atoms with van der Waals surface area (Å²) >= 11 is 0. The second-order valence-electron chi connectivity index (χ2n) is 5.17. The van der Waals surface area contributed by atoms with Crippen LogP contribution in [0.4, 0.5) is 0 Å². The lowest BCUT2D eigenvalue weighted by molar-refractivity contribution is 0.279. The molecule has 0 unspecified atom stereocenters. The van der Waals surface area contributed by atoms with Crippen molar-refractivity contribution in [1.82, 2.24) is 8.61 Å². The van der Waals surface area contributed by atoms with Crippen LogP contribution in [0.1, 0.15) is 34.6 Å². The first-order valence-electron chi connectivity index (χ1n) is 5.29. The zero-order chi connectivity index (χ0) is 12.7. The molecule has 0 spiro atoms. The number of allylic oxidation sites excluding steroid dienone is 1. The number of nitrogens with zero attached hydrogens (tertiary/aromatic N) is 2. The maximum atomic E-state index is 12.4. The van der Waals surface area contributed by atoms with E-state index in [9.17, 15) is 8.42 Å². The van der Waals surface area contributed by atoms with E-state index in [1.54, 1.807) is 12.3 Å². The van der Waals surface area contributed by atoms with Crippen molar-refractivity contribution in [2.45, 2.75) is 46.2 Å². The second kappa shape index (κ2) is 3.80. The van der Waals surface area contributed by atoms with Gasteiger partial charge in [-0.25, -0.2) is 0 Å². The molecule has 0 N–H and O–H groups in total. The van der Waals surface area contributed by atoms with Crippen LogP contribution in [-0.4, -0.2) is 28.6 Å². The average molecular weight is 244 g/mol. The van der Waals surface area contributed by atoms with E-state index in [1.165, 1.54) is 8.61 Å². The van der Waals surface area contributed by atoms with Gasteiger partial charge in [0.1, 0.15) is 0 Å². The lowest BCUT2D eigenvalue weighted by atomic mass is 10.1. The maximum Gasteiger partial charge on any atom is 0.326 e. The van der Waals surface area contributed by atoms with Gasteiger partial charge in [-0.1, -0.05) is 6.58 Å². The van der Waals surface area contributed by atoms with Crippen molar-refractivity contribution in [2.24, 2.45) is 0 Å². The molecule has 1 rings (SSSR count). The molecular formula is C11H20N2O2S. The Kier molecular flexibility index (Phi) is 3.11. The summed E-state index contributed by atoms with van der Waals surface area (Å²) in [6, 6.07) is -0.132. The van der Waals surface area contributed by atoms with Gasteiger partial charge in [0.25, 0.3) is 0 Å². The van der Waals surface area contributed by atoms with E-state index in [0.29, 0.717) is 5.70 Å². The fraction of sp³-hybridized carbons (Fsp3) is 0.636. The van der Waals surface area contributed by atoms with Gasteiger partial charge in [-0.2, -0.15) is 8.42 Å². The summed E-state index contributed by atoms with van der Waals surface area (Å²) in [4.78, 5) is 0. The first-order chi connectivity index (χ1) is 7.08. The van der Waals surface area contributed by atoms with Gasteiger partial charge >= 0.3 is 10.2 Å². The van der Waals surface area contributed by atoms with Crippen LogP contribution in [0, 0.1) is 0 Å². The van der Waals surface area contributed by atoms with Crippen LogP contribution < -0.4 is 0 Å². The molecule has 1 aliphatic rings. The molecule has 92 valence electrons. The van der Waals surface area contributed by atoms with Gasteiger partial charge in [0.15, 0.2) is 0 Å². The fourth-order valence-corrected chi connectivity index (χ4v) is 3.70. The number of rotatable bonds is 1. The molecule has 0 aromatic carbocycles. The molecule has 0 amide bonds. The summed E-state index contributed by atoms with van der Waals surface area (Å²) in [5, 5.41) is 0. The highest BCUT2D eigenvalue weighted by atomic mass is 32.2. The molecule has 1 aliphatic heterocycles. The minimum Gasteiger partial charge on any atom is -0.255 e. The van der Waals surface area contributed by atoms with Gasteiger partial charge in [-0.15, -0.1) is 0 Å². The second-order valence-corrected chi connectivity index (χ2v) is 6.85. The third-order valence-corrected chi connectivity index (χ3v) is 4.63. The van der Waals surface area contributed by atoms with E-state index >= 15 is 0 Å². The van der Waals surface area contributed by atoms with Gasteiger partial charge in [-0.05, 0) is 40.7 Å². The third kappa shape index (κ3) is 2.09. The molecule has 0 saturated heterocycles. The predicted molar refractivity (Wildman–Crippen MR) is 65.8 cm³/mol. The number of hydrogen-bond donors (Lipinski definition) is 0. The average Bonchev–Trinajstić information content (AvgIpc) is 1.97. The van der Waals surface area contributed by atoms with Crippen LogP contribution in [0.2, 0.25) is 0 Å². The fourth-order valence-electron chi connectivity index (χ4n) is 1.71. The summed E-state index contributed by atoms with van der Waals surface area (Å²) < 4.78 is 27.4. The van der Waals surface area contributed by atoms with Crippen molar-refractivity contribution >= 4 is 10.2 Å². The molecule has 4 nitrogen and oxygen atoms in total. The van der Waals surface area contributed by atoms with Crippen molar-refractivity contribution in [3.8, 4) is 0 Å². The molecule has 0 atom stereocenters. The van der Waals surface area contributed by atoms with Crippen molar-refractivity contribution < 1.29 is 8.42 Å². The predicted octanol–water partition coefficient (Wildman–Crippen LogP) is 2.08. The molecule has 0 aromatic heterocycles. The third-order valence-electron chi connectivity index (χ3n) is 2.31. The van der Waals surface area contributed by atoms with Crippen molar-refractivity contribution in [3.05, 3.63) is 24.6 Å². The topological polar surface area (TPSA) is 40.6 Å². The zero-order valence-corrected chi connectivity index (χ0v) is 11.4. The summed E-state index contributed by atoms with van der Waals surface area (Å²) in [6.07, 6.45) is 3.31. The van der Waals surface area contributed by atoms with Crippen LogP contribution in [0.25, 0.3) is 0 Å². The summed E-state index contributed by atoms with van der Waals surface area (Å²) in [5.41, 5.74) is 0.0406. The summed E-state index contributed by atoms with van der Waals surface area (Å²) in [5.74, 6) is 0. The van der Waals surface area contributed by atoms with E-state index < -0.39 is 15.7 Å². The van der Waals surface area contributed by atoms with E-state index in [4.69, 9.17) is 0 Å². The first kappa shape index (κ1) is 13.1. The largest absolute Gasteiger partial charge is 0.326 e. The Labute approximate surface area is 98.4 Å². The smallest absolute Gasteiger partial charge is 0.255 e. The molecule has 1 heterocycles. The molecule has 0 bridgehead atoms. The van der Waals surface area contributed by atoms with Gasteiger partial charge in [0.05, 0.1) is 0 Å². The zero-order valence-electron chi connectivity index (χ0n) is 10.6. The van der Waals surface area contributed by atoms with E-state index in [-0.39, 0.29) is 6.04 Å². The molecule has 0 aliphatic carbocycles. The molecule has 0 fully saturated rings. The highest BCUT2D eigenvalue weighted by Crippen LogP contribution is 2.29. The molecule has 0 radical (unpaired) electrons. The molecule has 16 heavy (non-hydrogen) atoms. The first-order valence-corrected chi connectivity index (χ1v) is 6.69. The number of hydrogen-bond acceptors (Lipinski definition) is 2. The Morgan fingerprint density at radius 1 is 1.31 bits per heavy atom. The van der Waals surface area contributed by atoms with Crippen LogP contribution in [0.3, 0.4) is 0 Å². The molecular weight excluding hydrogens is 224 g/mol. The van der Waals surface area contributed by atoms with Crippen molar-refractivity contribution in [3.63, 3.8) is 0 Å². The van der Waals surface area contributed by atoms with Gasteiger partial charge in [-0.3, -0.25) is 8.61 Å². The van der Waals surface area contributed by atoms with Crippen LogP contribution in [0.15, 0.2) is 24.6 Å². The Hall–Kier alpha value is -0.970. The van der Waals surface area contributed by atoms with Crippen molar-refractivity contribution in [2.75, 3.05) is 0 Å². The Morgan fingerprint density at radius 3 is 2.19 bits per heavy atom. The van der Waals surface area contributed by atoms with Crippen molar-refractivity contribution in [1.29, 1.82) is 0 Å². The lowest BCUT2D eigenvalue weighted by Crippen LogP contribution is -2.52. The lowest BCUT2D eigenvalue weighted by Gasteiger charge is -2.42. The summed E-state index contributed by atoms with van der Waals surface area (Å²) in [6.45, 7) is 13.0. The van der Waals surface area contributed by atoms with Gasteiger partial charge < -0.3 is 0 Å². The summed E-state index contributed by atoms with van der Waals surface area (Å²) in [7, 11) is -3.49. The van der Waals surface area contributed by atoms with Crippen LogP contribution >= 0.6 is 0 Å². The Balaban J connectivity index is 3.31. The van der Waals surface area contributed by atoms with Gasteiger partial charge in [0.2, 0.25) is 0 Å².